The highest BCUT2D eigenvalue weighted by molar-refractivity contribution is 7.99. The lowest BCUT2D eigenvalue weighted by atomic mass is 10.0. The van der Waals surface area contributed by atoms with E-state index in [0.717, 1.165) is 33.4 Å². The van der Waals surface area contributed by atoms with Crippen molar-refractivity contribution in [2.75, 3.05) is 5.75 Å². The SMILES string of the molecule is O=C(O)CCCSc1nc(-c2ccccc2)c(-c2ccccc2)n1-c1ccc(Cl)cc1. The Morgan fingerprint density at radius 1 is 0.903 bits per heavy atom. The first-order chi connectivity index (χ1) is 15.1. The number of imidazole rings is 1. The molecule has 6 heteroatoms. The average molecular weight is 449 g/mol. The van der Waals surface area contributed by atoms with Crippen LogP contribution >= 0.6 is 23.4 Å². The van der Waals surface area contributed by atoms with Crippen molar-refractivity contribution in [1.29, 1.82) is 0 Å². The summed E-state index contributed by atoms with van der Waals surface area (Å²) in [6, 6.07) is 28.0. The molecule has 0 aliphatic heterocycles. The van der Waals surface area contributed by atoms with Gasteiger partial charge in [0.05, 0.1) is 11.4 Å². The van der Waals surface area contributed by atoms with E-state index < -0.39 is 5.97 Å². The van der Waals surface area contributed by atoms with E-state index in [9.17, 15) is 4.79 Å². The van der Waals surface area contributed by atoms with Crippen LogP contribution in [0.25, 0.3) is 28.2 Å². The van der Waals surface area contributed by atoms with Gasteiger partial charge in [-0.15, -0.1) is 0 Å². The van der Waals surface area contributed by atoms with E-state index in [1.54, 1.807) is 11.8 Å². The molecule has 31 heavy (non-hydrogen) atoms. The Labute approximate surface area is 190 Å². The van der Waals surface area contributed by atoms with Gasteiger partial charge in [-0.2, -0.15) is 0 Å². The fourth-order valence-electron chi connectivity index (χ4n) is 3.37. The number of rotatable bonds is 8. The molecule has 0 saturated heterocycles. The summed E-state index contributed by atoms with van der Waals surface area (Å²) in [6.07, 6.45) is 0.723. The highest BCUT2D eigenvalue weighted by Gasteiger charge is 2.21. The Morgan fingerprint density at radius 2 is 1.52 bits per heavy atom. The van der Waals surface area contributed by atoms with E-state index in [2.05, 4.69) is 28.8 Å². The Kier molecular flexibility index (Phi) is 6.75. The van der Waals surface area contributed by atoms with Crippen LogP contribution in [0.4, 0.5) is 0 Å². The molecule has 0 aliphatic carbocycles. The molecule has 1 N–H and O–H groups in total. The summed E-state index contributed by atoms with van der Waals surface area (Å²) < 4.78 is 2.14. The second-order valence-electron chi connectivity index (χ2n) is 6.98. The third kappa shape index (κ3) is 5.01. The summed E-state index contributed by atoms with van der Waals surface area (Å²) in [7, 11) is 0. The average Bonchev–Trinajstić information content (AvgIpc) is 3.18. The van der Waals surface area contributed by atoms with Crippen LogP contribution < -0.4 is 0 Å². The smallest absolute Gasteiger partial charge is 0.303 e. The van der Waals surface area contributed by atoms with Gasteiger partial charge in [0.25, 0.3) is 0 Å². The first kappa shape index (κ1) is 21.2. The molecule has 0 amide bonds. The van der Waals surface area contributed by atoms with E-state index in [0.29, 0.717) is 17.2 Å². The molecule has 1 aromatic heterocycles. The number of benzene rings is 3. The molecule has 0 radical (unpaired) electrons. The van der Waals surface area contributed by atoms with E-state index in [4.69, 9.17) is 21.7 Å². The van der Waals surface area contributed by atoms with Crippen molar-refractivity contribution >= 4 is 29.3 Å². The van der Waals surface area contributed by atoms with Crippen molar-refractivity contribution in [3.8, 4) is 28.2 Å². The fourth-order valence-corrected chi connectivity index (χ4v) is 4.45. The van der Waals surface area contributed by atoms with Gasteiger partial charge in [-0.25, -0.2) is 4.98 Å². The number of hydrogen-bond donors (Lipinski definition) is 1. The zero-order chi connectivity index (χ0) is 21.6. The van der Waals surface area contributed by atoms with Crippen molar-refractivity contribution in [2.45, 2.75) is 18.0 Å². The maximum atomic E-state index is 10.9. The minimum atomic E-state index is -0.781. The summed E-state index contributed by atoms with van der Waals surface area (Å²) in [6.45, 7) is 0. The quantitative estimate of drug-likeness (QED) is 0.237. The summed E-state index contributed by atoms with van der Waals surface area (Å²) in [5, 5.41) is 10.5. The number of carboxylic acids is 1. The number of hydrogen-bond acceptors (Lipinski definition) is 3. The number of carbonyl (C=O) groups is 1. The van der Waals surface area contributed by atoms with Crippen molar-refractivity contribution in [2.24, 2.45) is 0 Å². The molecule has 3 aromatic carbocycles. The van der Waals surface area contributed by atoms with Gasteiger partial charge in [-0.1, -0.05) is 84.0 Å². The molecule has 156 valence electrons. The number of nitrogens with zero attached hydrogens (tertiary/aromatic N) is 2. The van der Waals surface area contributed by atoms with Crippen LogP contribution in [-0.4, -0.2) is 26.4 Å². The predicted octanol–water partition coefficient (Wildman–Crippen LogP) is 6.82. The van der Waals surface area contributed by atoms with E-state index in [1.165, 1.54) is 0 Å². The molecule has 4 nitrogen and oxygen atoms in total. The molecule has 4 aromatic rings. The largest absolute Gasteiger partial charge is 0.481 e. The van der Waals surface area contributed by atoms with E-state index in [-0.39, 0.29) is 6.42 Å². The molecular weight excluding hydrogens is 428 g/mol. The Hall–Kier alpha value is -3.02. The molecule has 0 saturated carbocycles. The molecule has 0 bridgehead atoms. The predicted molar refractivity (Wildman–Crippen MR) is 127 cm³/mol. The summed E-state index contributed by atoms with van der Waals surface area (Å²) in [5.41, 5.74) is 4.93. The second-order valence-corrected chi connectivity index (χ2v) is 8.48. The highest BCUT2D eigenvalue weighted by atomic mass is 35.5. The molecule has 0 spiro atoms. The first-order valence-corrected chi connectivity index (χ1v) is 11.3. The van der Waals surface area contributed by atoms with Gasteiger partial charge >= 0.3 is 5.97 Å². The number of aliphatic carboxylic acids is 1. The molecule has 0 fully saturated rings. The standard InChI is InChI=1S/C25H21ClN2O2S/c26-20-13-15-21(16-14-20)28-24(19-10-5-2-6-11-19)23(18-8-3-1-4-9-18)27-25(28)31-17-7-12-22(29)30/h1-6,8-11,13-16H,7,12,17H2,(H,29,30). The van der Waals surface area contributed by atoms with Crippen LogP contribution in [0.1, 0.15) is 12.8 Å². The number of aromatic nitrogens is 2. The van der Waals surface area contributed by atoms with Crippen molar-refractivity contribution < 1.29 is 9.90 Å². The van der Waals surface area contributed by atoms with Gasteiger partial charge < -0.3 is 5.11 Å². The summed E-state index contributed by atoms with van der Waals surface area (Å²) in [4.78, 5) is 15.9. The third-order valence-corrected chi connectivity index (χ3v) is 6.07. The molecule has 4 rings (SSSR count). The lowest BCUT2D eigenvalue weighted by Crippen LogP contribution is -2.00. The monoisotopic (exact) mass is 448 g/mol. The Bertz CT molecular complexity index is 1160. The fraction of sp³-hybridized carbons (Fsp3) is 0.120. The van der Waals surface area contributed by atoms with Gasteiger partial charge in [0.2, 0.25) is 0 Å². The molecule has 0 unspecified atom stereocenters. The van der Waals surface area contributed by atoms with Gasteiger partial charge in [0.1, 0.15) is 0 Å². The Morgan fingerprint density at radius 3 is 2.13 bits per heavy atom. The van der Waals surface area contributed by atoms with Crippen molar-refractivity contribution in [3.05, 3.63) is 90.0 Å². The zero-order valence-corrected chi connectivity index (χ0v) is 18.3. The van der Waals surface area contributed by atoms with E-state index in [1.807, 2.05) is 60.7 Å². The maximum absolute atomic E-state index is 10.9. The lowest BCUT2D eigenvalue weighted by molar-refractivity contribution is -0.137. The number of carboxylic acid groups (broad SMARTS) is 1. The summed E-state index contributed by atoms with van der Waals surface area (Å²) in [5.74, 6) is -0.115. The molecular formula is C25H21ClN2O2S. The van der Waals surface area contributed by atoms with Gasteiger partial charge in [-0.05, 0) is 30.7 Å². The van der Waals surface area contributed by atoms with Crippen molar-refractivity contribution in [3.63, 3.8) is 0 Å². The van der Waals surface area contributed by atoms with Crippen LogP contribution in [-0.2, 0) is 4.79 Å². The molecule has 1 heterocycles. The molecule has 0 aliphatic rings. The van der Waals surface area contributed by atoms with Crippen LogP contribution in [0.5, 0.6) is 0 Å². The topological polar surface area (TPSA) is 55.1 Å². The third-order valence-electron chi connectivity index (χ3n) is 4.79. The second kappa shape index (κ2) is 9.86. The van der Waals surface area contributed by atoms with E-state index >= 15 is 0 Å². The molecule has 0 atom stereocenters. The maximum Gasteiger partial charge on any atom is 0.303 e. The lowest BCUT2D eigenvalue weighted by Gasteiger charge is -2.13. The van der Waals surface area contributed by atoms with Gasteiger partial charge in [0.15, 0.2) is 5.16 Å². The summed E-state index contributed by atoms with van der Waals surface area (Å²) >= 11 is 7.71. The zero-order valence-electron chi connectivity index (χ0n) is 16.7. The van der Waals surface area contributed by atoms with Crippen molar-refractivity contribution in [1.82, 2.24) is 9.55 Å². The highest BCUT2D eigenvalue weighted by Crippen LogP contribution is 2.38. The minimum Gasteiger partial charge on any atom is -0.481 e. The van der Waals surface area contributed by atoms with Crippen LogP contribution in [0.3, 0.4) is 0 Å². The number of thioether (sulfide) groups is 1. The van der Waals surface area contributed by atoms with Crippen LogP contribution in [0.2, 0.25) is 5.02 Å². The van der Waals surface area contributed by atoms with Gasteiger partial charge in [0, 0.05) is 34.0 Å². The van der Waals surface area contributed by atoms with Gasteiger partial charge in [-0.3, -0.25) is 9.36 Å². The first-order valence-electron chi connectivity index (χ1n) is 9.97. The number of halogens is 1. The van der Waals surface area contributed by atoms with Crippen LogP contribution in [0, 0.1) is 0 Å². The Balaban J connectivity index is 1.88. The normalized spacial score (nSPS) is 10.9. The van der Waals surface area contributed by atoms with Crippen LogP contribution in [0.15, 0.2) is 90.1 Å². The minimum absolute atomic E-state index is 0.145.